The summed E-state index contributed by atoms with van der Waals surface area (Å²) < 4.78 is 10.1. The Kier molecular flexibility index (Phi) is 5.92. The molecule has 4 heteroatoms. The highest BCUT2D eigenvalue weighted by atomic mass is 16.5. The molecule has 4 nitrogen and oxygen atoms in total. The second-order valence-corrected chi connectivity index (χ2v) is 5.07. The minimum atomic E-state index is -0.405. The summed E-state index contributed by atoms with van der Waals surface area (Å²) in [5.74, 6) is 0.395. The fourth-order valence-corrected chi connectivity index (χ4v) is 2.23. The minimum Gasteiger partial charge on any atom is -0.497 e. The van der Waals surface area contributed by atoms with Crippen LogP contribution in [-0.4, -0.2) is 25.5 Å². The van der Waals surface area contributed by atoms with Crippen molar-refractivity contribution in [2.75, 3.05) is 13.7 Å². The SMILES string of the molecule is CCOC(=O)c1cccc(C(=O)CCc2ccc(OC)cc2)c1. The summed E-state index contributed by atoms with van der Waals surface area (Å²) >= 11 is 0. The van der Waals surface area contributed by atoms with Crippen molar-refractivity contribution in [1.29, 1.82) is 0 Å². The summed E-state index contributed by atoms with van der Waals surface area (Å²) in [7, 11) is 1.62. The number of methoxy groups -OCH3 is 1. The normalized spacial score (nSPS) is 10.2. The van der Waals surface area contributed by atoms with Crippen molar-refractivity contribution >= 4 is 11.8 Å². The van der Waals surface area contributed by atoms with Crippen molar-refractivity contribution in [3.05, 3.63) is 65.2 Å². The van der Waals surface area contributed by atoms with Crippen molar-refractivity contribution < 1.29 is 19.1 Å². The average Bonchev–Trinajstić information content (AvgIpc) is 2.60. The number of esters is 1. The molecule has 0 heterocycles. The molecule has 0 unspecified atom stereocenters. The van der Waals surface area contributed by atoms with E-state index < -0.39 is 5.97 Å². The maximum Gasteiger partial charge on any atom is 0.338 e. The molecule has 2 rings (SSSR count). The van der Waals surface area contributed by atoms with E-state index in [0.29, 0.717) is 30.6 Å². The molecule has 0 saturated heterocycles. The minimum absolute atomic E-state index is 0.00645. The van der Waals surface area contributed by atoms with Gasteiger partial charge in [0.2, 0.25) is 0 Å². The molecule has 0 aliphatic carbocycles. The van der Waals surface area contributed by atoms with Gasteiger partial charge < -0.3 is 9.47 Å². The fourth-order valence-electron chi connectivity index (χ4n) is 2.23. The number of carbonyl (C=O) groups excluding carboxylic acids is 2. The van der Waals surface area contributed by atoms with Gasteiger partial charge in [0.05, 0.1) is 19.3 Å². The molecule has 0 N–H and O–H groups in total. The third-order valence-corrected chi connectivity index (χ3v) is 3.50. The highest BCUT2D eigenvalue weighted by molar-refractivity contribution is 5.99. The van der Waals surface area contributed by atoms with Gasteiger partial charge in [0.15, 0.2) is 5.78 Å². The number of Topliss-reactive ketones (excluding diaryl/α,β-unsaturated/α-hetero) is 1. The van der Waals surface area contributed by atoms with Crippen LogP contribution in [0.2, 0.25) is 0 Å². The van der Waals surface area contributed by atoms with E-state index in [4.69, 9.17) is 9.47 Å². The number of hydrogen-bond acceptors (Lipinski definition) is 4. The monoisotopic (exact) mass is 312 g/mol. The molecule has 0 aliphatic rings. The van der Waals surface area contributed by atoms with Gasteiger partial charge >= 0.3 is 5.97 Å². The zero-order valence-corrected chi connectivity index (χ0v) is 13.4. The number of carbonyl (C=O) groups is 2. The molecular formula is C19H20O4. The smallest absolute Gasteiger partial charge is 0.338 e. The van der Waals surface area contributed by atoms with Gasteiger partial charge in [0.1, 0.15) is 5.75 Å². The van der Waals surface area contributed by atoms with Gasteiger partial charge in [-0.15, -0.1) is 0 Å². The quantitative estimate of drug-likeness (QED) is 0.578. The van der Waals surface area contributed by atoms with Crippen LogP contribution < -0.4 is 4.74 Å². The van der Waals surface area contributed by atoms with Crippen LogP contribution in [0.1, 0.15) is 39.6 Å². The number of ether oxygens (including phenoxy) is 2. The lowest BCUT2D eigenvalue weighted by atomic mass is 10.0. The molecule has 23 heavy (non-hydrogen) atoms. The lowest BCUT2D eigenvalue weighted by Crippen LogP contribution is -2.07. The Bertz CT molecular complexity index is 674. The molecule has 0 radical (unpaired) electrons. The van der Waals surface area contributed by atoms with E-state index in [1.54, 1.807) is 38.3 Å². The van der Waals surface area contributed by atoms with Crippen LogP contribution in [0.4, 0.5) is 0 Å². The number of benzene rings is 2. The Balaban J connectivity index is 1.99. The third kappa shape index (κ3) is 4.68. The zero-order chi connectivity index (χ0) is 16.7. The molecular weight excluding hydrogens is 292 g/mol. The second-order valence-electron chi connectivity index (χ2n) is 5.07. The van der Waals surface area contributed by atoms with Crippen LogP contribution in [0, 0.1) is 0 Å². The standard InChI is InChI=1S/C19H20O4/c1-3-23-19(21)16-6-4-5-15(13-16)18(20)12-9-14-7-10-17(22-2)11-8-14/h4-8,10-11,13H,3,9,12H2,1-2H3. The summed E-state index contributed by atoms with van der Waals surface area (Å²) in [5.41, 5.74) is 2.01. The van der Waals surface area contributed by atoms with Gasteiger partial charge in [-0.2, -0.15) is 0 Å². The van der Waals surface area contributed by atoms with Crippen molar-refractivity contribution in [2.45, 2.75) is 19.8 Å². The Morgan fingerprint density at radius 3 is 2.35 bits per heavy atom. The predicted molar refractivity (Wildman–Crippen MR) is 88.0 cm³/mol. The topological polar surface area (TPSA) is 52.6 Å². The van der Waals surface area contributed by atoms with Gasteiger partial charge in [-0.1, -0.05) is 24.3 Å². The summed E-state index contributed by atoms with van der Waals surface area (Å²) in [6.07, 6.45) is 1.03. The van der Waals surface area contributed by atoms with Crippen molar-refractivity contribution in [1.82, 2.24) is 0 Å². The van der Waals surface area contributed by atoms with E-state index in [9.17, 15) is 9.59 Å². The predicted octanol–water partition coefficient (Wildman–Crippen LogP) is 3.69. The van der Waals surface area contributed by atoms with E-state index in [1.165, 1.54) is 0 Å². The van der Waals surface area contributed by atoms with E-state index in [0.717, 1.165) is 11.3 Å². The van der Waals surface area contributed by atoms with Gasteiger partial charge in [-0.25, -0.2) is 4.79 Å². The van der Waals surface area contributed by atoms with Gasteiger partial charge in [-0.3, -0.25) is 4.79 Å². The molecule has 0 saturated carbocycles. The van der Waals surface area contributed by atoms with Gasteiger partial charge in [0.25, 0.3) is 0 Å². The lowest BCUT2D eigenvalue weighted by molar-refractivity contribution is 0.0526. The largest absolute Gasteiger partial charge is 0.497 e. The van der Waals surface area contributed by atoms with Crippen LogP contribution in [0.3, 0.4) is 0 Å². The highest BCUT2D eigenvalue weighted by Crippen LogP contribution is 2.15. The average molecular weight is 312 g/mol. The van der Waals surface area contributed by atoms with E-state index in [2.05, 4.69) is 0 Å². The first-order chi connectivity index (χ1) is 11.1. The zero-order valence-electron chi connectivity index (χ0n) is 13.4. The Morgan fingerprint density at radius 1 is 1.00 bits per heavy atom. The fraction of sp³-hybridized carbons (Fsp3) is 0.263. The molecule has 0 bridgehead atoms. The van der Waals surface area contributed by atoms with E-state index in [1.807, 2.05) is 24.3 Å². The van der Waals surface area contributed by atoms with E-state index in [-0.39, 0.29) is 5.78 Å². The molecule has 2 aromatic rings. The van der Waals surface area contributed by atoms with Gasteiger partial charge in [0, 0.05) is 12.0 Å². The molecule has 2 aromatic carbocycles. The summed E-state index contributed by atoms with van der Waals surface area (Å²) in [4.78, 5) is 24.0. The maximum atomic E-state index is 12.3. The van der Waals surface area contributed by atoms with Crippen molar-refractivity contribution in [3.63, 3.8) is 0 Å². The van der Waals surface area contributed by atoms with Crippen LogP contribution in [0.25, 0.3) is 0 Å². The maximum absolute atomic E-state index is 12.3. The molecule has 0 amide bonds. The lowest BCUT2D eigenvalue weighted by Gasteiger charge is -2.06. The summed E-state index contributed by atoms with van der Waals surface area (Å²) in [6, 6.07) is 14.3. The number of hydrogen-bond donors (Lipinski definition) is 0. The van der Waals surface area contributed by atoms with Gasteiger partial charge in [-0.05, 0) is 43.2 Å². The Morgan fingerprint density at radius 2 is 1.70 bits per heavy atom. The third-order valence-electron chi connectivity index (χ3n) is 3.50. The van der Waals surface area contributed by atoms with Crippen molar-refractivity contribution in [2.24, 2.45) is 0 Å². The number of aryl methyl sites for hydroxylation is 1. The van der Waals surface area contributed by atoms with Crippen LogP contribution >= 0.6 is 0 Å². The Labute approximate surface area is 136 Å². The Hall–Kier alpha value is -2.62. The van der Waals surface area contributed by atoms with Crippen LogP contribution in [-0.2, 0) is 11.2 Å². The first-order valence-electron chi connectivity index (χ1n) is 7.57. The first kappa shape index (κ1) is 16.7. The van der Waals surface area contributed by atoms with Crippen LogP contribution in [0.5, 0.6) is 5.75 Å². The molecule has 0 aromatic heterocycles. The molecule has 0 atom stereocenters. The van der Waals surface area contributed by atoms with Crippen LogP contribution in [0.15, 0.2) is 48.5 Å². The van der Waals surface area contributed by atoms with E-state index >= 15 is 0 Å². The molecule has 0 spiro atoms. The molecule has 0 fully saturated rings. The van der Waals surface area contributed by atoms with Crippen molar-refractivity contribution in [3.8, 4) is 5.75 Å². The summed E-state index contributed by atoms with van der Waals surface area (Å²) in [5, 5.41) is 0. The number of ketones is 1. The molecule has 120 valence electrons. The second kappa shape index (κ2) is 8.13. The number of rotatable bonds is 7. The first-order valence-corrected chi connectivity index (χ1v) is 7.57. The summed E-state index contributed by atoms with van der Waals surface area (Å²) in [6.45, 7) is 2.07. The molecule has 0 aliphatic heterocycles. The highest BCUT2D eigenvalue weighted by Gasteiger charge is 2.11.